The van der Waals surface area contributed by atoms with E-state index in [1.165, 1.54) is 0 Å². The number of rotatable bonds is 7. The van der Waals surface area contributed by atoms with Crippen LogP contribution in [-0.2, 0) is 15.6 Å². The number of methoxy groups -OCH3 is 1. The molecule has 22 heavy (non-hydrogen) atoms. The molecule has 0 N–H and O–H groups in total. The Morgan fingerprint density at radius 3 is 2.14 bits per heavy atom. The van der Waals surface area contributed by atoms with E-state index in [-0.39, 0.29) is 5.97 Å². The fourth-order valence-corrected chi connectivity index (χ4v) is 3.53. The van der Waals surface area contributed by atoms with Gasteiger partial charge < -0.3 is 13.6 Å². The molecule has 0 amide bonds. The lowest BCUT2D eigenvalue weighted by Crippen LogP contribution is -2.29. The summed E-state index contributed by atoms with van der Waals surface area (Å²) in [6.07, 6.45) is 1.04. The second kappa shape index (κ2) is 7.33. The second-order valence-corrected chi connectivity index (χ2v) is 16.1. The molecule has 0 spiro atoms. The third kappa shape index (κ3) is 7.13. The summed E-state index contributed by atoms with van der Waals surface area (Å²) in [7, 11) is -1.84. The first kappa shape index (κ1) is 18.8. The molecule has 0 radical (unpaired) electrons. The van der Waals surface area contributed by atoms with Gasteiger partial charge in [-0.2, -0.15) is 0 Å². The predicted molar refractivity (Wildman–Crippen MR) is 94.7 cm³/mol. The van der Waals surface area contributed by atoms with Gasteiger partial charge in [0.15, 0.2) is 5.75 Å². The zero-order valence-electron chi connectivity index (χ0n) is 14.8. The Morgan fingerprint density at radius 1 is 1.00 bits per heavy atom. The molecule has 0 saturated heterocycles. The Kier molecular flexibility index (Phi) is 6.25. The number of hydrogen-bond donors (Lipinski definition) is 0. The van der Waals surface area contributed by atoms with Crippen LogP contribution in [0.4, 0.5) is 0 Å². The standard InChI is InChI=1S/C16H28O4Si2/c1-18-15-12-13(8-10-14(15)19-21(2,3)4)9-11-16(17)20-22(5,6)7/h8,10,12H,9,11H2,1-7H3. The Morgan fingerprint density at radius 2 is 1.64 bits per heavy atom. The Bertz CT molecular complexity index is 516. The molecule has 0 saturated carbocycles. The summed E-state index contributed by atoms with van der Waals surface area (Å²) in [6, 6.07) is 5.85. The minimum Gasteiger partial charge on any atom is -0.542 e. The summed E-state index contributed by atoms with van der Waals surface area (Å²) in [5.74, 6) is 1.37. The van der Waals surface area contributed by atoms with Gasteiger partial charge in [-0.15, -0.1) is 0 Å². The minimum absolute atomic E-state index is 0.124. The van der Waals surface area contributed by atoms with E-state index in [0.29, 0.717) is 12.8 Å². The van der Waals surface area contributed by atoms with Gasteiger partial charge >= 0.3 is 0 Å². The molecule has 1 rings (SSSR count). The molecule has 0 atom stereocenters. The van der Waals surface area contributed by atoms with Crippen molar-refractivity contribution >= 4 is 22.6 Å². The van der Waals surface area contributed by atoms with E-state index in [4.69, 9.17) is 13.6 Å². The Labute approximate surface area is 136 Å². The minimum atomic E-state index is -1.80. The van der Waals surface area contributed by atoms with Crippen LogP contribution in [0.15, 0.2) is 18.2 Å². The molecule has 0 fully saturated rings. The zero-order valence-corrected chi connectivity index (χ0v) is 16.8. The summed E-state index contributed by atoms with van der Waals surface area (Å²) in [5, 5.41) is 0. The van der Waals surface area contributed by atoms with Crippen LogP contribution < -0.4 is 9.16 Å². The van der Waals surface area contributed by atoms with Gasteiger partial charge in [-0.3, -0.25) is 4.79 Å². The second-order valence-electron chi connectivity index (χ2n) is 7.29. The first-order valence-corrected chi connectivity index (χ1v) is 14.4. The van der Waals surface area contributed by atoms with Gasteiger partial charge in [0.1, 0.15) is 5.75 Å². The summed E-state index contributed by atoms with van der Waals surface area (Å²) >= 11 is 0. The van der Waals surface area contributed by atoms with Crippen LogP contribution in [0.3, 0.4) is 0 Å². The quantitative estimate of drug-likeness (QED) is 0.697. The van der Waals surface area contributed by atoms with Crippen molar-refractivity contribution in [3.63, 3.8) is 0 Å². The van der Waals surface area contributed by atoms with Gasteiger partial charge in [0, 0.05) is 6.42 Å². The molecule has 6 heteroatoms. The van der Waals surface area contributed by atoms with Gasteiger partial charge in [0.05, 0.1) is 7.11 Å². The van der Waals surface area contributed by atoms with Crippen LogP contribution in [-0.4, -0.2) is 29.7 Å². The molecule has 4 nitrogen and oxygen atoms in total. The van der Waals surface area contributed by atoms with Crippen LogP contribution in [0.25, 0.3) is 0 Å². The molecule has 124 valence electrons. The van der Waals surface area contributed by atoms with Crippen molar-refractivity contribution in [1.29, 1.82) is 0 Å². The maximum atomic E-state index is 11.8. The van der Waals surface area contributed by atoms with Crippen molar-refractivity contribution in [3.05, 3.63) is 23.8 Å². The number of ether oxygens (including phenoxy) is 1. The van der Waals surface area contributed by atoms with Gasteiger partial charge in [0.25, 0.3) is 5.97 Å². The molecule has 0 heterocycles. The lowest BCUT2D eigenvalue weighted by atomic mass is 10.1. The maximum absolute atomic E-state index is 11.8. The summed E-state index contributed by atoms with van der Waals surface area (Å²) in [4.78, 5) is 11.8. The third-order valence-electron chi connectivity index (χ3n) is 2.68. The van der Waals surface area contributed by atoms with Crippen LogP contribution in [0.5, 0.6) is 11.5 Å². The largest absolute Gasteiger partial charge is 0.542 e. The first-order chi connectivity index (χ1) is 10.00. The fourth-order valence-electron chi connectivity index (χ4n) is 1.92. The molecule has 0 unspecified atom stereocenters. The fraction of sp³-hybridized carbons (Fsp3) is 0.562. The van der Waals surface area contributed by atoms with E-state index in [1.807, 2.05) is 37.8 Å². The Hall–Kier alpha value is -1.28. The summed E-state index contributed by atoms with van der Waals surface area (Å²) in [6.45, 7) is 12.4. The van der Waals surface area contributed by atoms with Crippen LogP contribution in [0.2, 0.25) is 39.3 Å². The van der Waals surface area contributed by atoms with Crippen molar-refractivity contribution in [1.82, 2.24) is 0 Å². The molecule has 0 aliphatic rings. The highest BCUT2D eigenvalue weighted by atomic mass is 28.4. The number of carbonyl (C=O) groups excluding carboxylic acids is 1. The van der Waals surface area contributed by atoms with Crippen molar-refractivity contribution in [2.45, 2.75) is 52.1 Å². The van der Waals surface area contributed by atoms with Crippen LogP contribution in [0, 0.1) is 0 Å². The topological polar surface area (TPSA) is 44.8 Å². The average molecular weight is 341 g/mol. The lowest BCUT2D eigenvalue weighted by Gasteiger charge is -2.21. The van der Waals surface area contributed by atoms with Crippen molar-refractivity contribution in [2.75, 3.05) is 7.11 Å². The first-order valence-electron chi connectivity index (χ1n) is 7.58. The van der Waals surface area contributed by atoms with Crippen molar-refractivity contribution in [3.8, 4) is 11.5 Å². The van der Waals surface area contributed by atoms with E-state index < -0.39 is 16.6 Å². The predicted octanol–water partition coefficient (Wildman–Crippen LogP) is 4.22. The third-order valence-corrected chi connectivity index (χ3v) is 4.35. The van der Waals surface area contributed by atoms with E-state index in [0.717, 1.165) is 17.1 Å². The molecular formula is C16H28O4Si2. The van der Waals surface area contributed by atoms with Gasteiger partial charge in [0.2, 0.25) is 16.6 Å². The summed E-state index contributed by atoms with van der Waals surface area (Å²) in [5.41, 5.74) is 1.05. The molecule has 1 aromatic carbocycles. The number of aryl methyl sites for hydroxylation is 1. The van der Waals surface area contributed by atoms with Crippen LogP contribution in [0.1, 0.15) is 12.0 Å². The highest BCUT2D eigenvalue weighted by Gasteiger charge is 2.21. The van der Waals surface area contributed by atoms with Gasteiger partial charge in [-0.25, -0.2) is 0 Å². The van der Waals surface area contributed by atoms with Gasteiger partial charge in [-0.1, -0.05) is 6.07 Å². The van der Waals surface area contributed by atoms with Crippen molar-refractivity contribution < 1.29 is 18.4 Å². The highest BCUT2D eigenvalue weighted by Crippen LogP contribution is 2.30. The number of hydrogen-bond acceptors (Lipinski definition) is 4. The van der Waals surface area contributed by atoms with Crippen molar-refractivity contribution in [2.24, 2.45) is 0 Å². The molecule has 0 aromatic heterocycles. The molecule has 1 aromatic rings. The lowest BCUT2D eigenvalue weighted by molar-refractivity contribution is -0.135. The average Bonchev–Trinajstić information content (AvgIpc) is 2.33. The number of benzene rings is 1. The smallest absolute Gasteiger partial charge is 0.292 e. The SMILES string of the molecule is COc1cc(CCC(=O)O[Si](C)(C)C)ccc1O[Si](C)(C)C. The Balaban J connectivity index is 2.72. The molecule has 0 bridgehead atoms. The normalized spacial score (nSPS) is 12.0. The van der Waals surface area contributed by atoms with E-state index in [1.54, 1.807) is 7.11 Å². The number of carbonyl (C=O) groups is 1. The zero-order chi connectivity index (χ0) is 17.0. The van der Waals surface area contributed by atoms with Crippen LogP contribution >= 0.6 is 0 Å². The van der Waals surface area contributed by atoms with E-state index in [9.17, 15) is 4.79 Å². The highest BCUT2D eigenvalue weighted by molar-refractivity contribution is 6.71. The van der Waals surface area contributed by atoms with E-state index in [2.05, 4.69) is 19.6 Å². The molecule has 0 aliphatic carbocycles. The maximum Gasteiger partial charge on any atom is 0.292 e. The van der Waals surface area contributed by atoms with Gasteiger partial charge in [-0.05, 0) is 63.4 Å². The monoisotopic (exact) mass is 340 g/mol. The van der Waals surface area contributed by atoms with E-state index >= 15 is 0 Å². The summed E-state index contributed by atoms with van der Waals surface area (Å²) < 4.78 is 16.9. The molecule has 0 aliphatic heterocycles. The molecular weight excluding hydrogens is 312 g/mol.